The molecule has 2 aliphatic heterocycles. The molecular formula is C17H17FN2O. The maximum Gasteiger partial charge on any atom is 0.133 e. The van der Waals surface area contributed by atoms with Gasteiger partial charge in [0.15, 0.2) is 0 Å². The van der Waals surface area contributed by atoms with Crippen LogP contribution in [-0.2, 0) is 0 Å². The van der Waals surface area contributed by atoms with Crippen LogP contribution < -0.4 is 0 Å². The summed E-state index contributed by atoms with van der Waals surface area (Å²) in [6.45, 7) is 4.27. The first kappa shape index (κ1) is 13.8. The van der Waals surface area contributed by atoms with E-state index in [1.807, 2.05) is 31.2 Å². The molecule has 0 aromatic heterocycles. The van der Waals surface area contributed by atoms with E-state index in [-0.39, 0.29) is 5.82 Å². The van der Waals surface area contributed by atoms with Gasteiger partial charge in [0, 0.05) is 11.3 Å². The molecule has 0 amide bonds. The number of benzene rings is 1. The number of nitrogens with zero attached hydrogens (tertiary/aromatic N) is 2. The summed E-state index contributed by atoms with van der Waals surface area (Å²) in [4.78, 5) is 6.62. The van der Waals surface area contributed by atoms with Crippen LogP contribution in [0.15, 0.2) is 58.9 Å². The Bertz CT molecular complexity index is 698. The Morgan fingerprint density at radius 2 is 2.19 bits per heavy atom. The van der Waals surface area contributed by atoms with Crippen molar-refractivity contribution in [3.63, 3.8) is 0 Å². The van der Waals surface area contributed by atoms with Crippen molar-refractivity contribution >= 4 is 11.4 Å². The van der Waals surface area contributed by atoms with Gasteiger partial charge in [0.05, 0.1) is 18.3 Å². The first-order valence-electron chi connectivity index (χ1n) is 6.94. The SMILES string of the molecule is CC1=CC=CC2=NC(C(C)O)=C(c3cccc(F)c3)CN12. The van der Waals surface area contributed by atoms with Crippen molar-refractivity contribution in [3.8, 4) is 0 Å². The third-order valence-corrected chi connectivity index (χ3v) is 3.71. The van der Waals surface area contributed by atoms with Crippen LogP contribution in [0.2, 0.25) is 0 Å². The van der Waals surface area contributed by atoms with Gasteiger partial charge in [-0.05, 0) is 43.7 Å². The number of allylic oxidation sites excluding steroid dienone is 3. The molecule has 1 aromatic rings. The number of hydrogen-bond donors (Lipinski definition) is 1. The maximum absolute atomic E-state index is 13.5. The molecule has 1 N–H and O–H groups in total. The zero-order valence-corrected chi connectivity index (χ0v) is 12.0. The van der Waals surface area contributed by atoms with Crippen molar-refractivity contribution < 1.29 is 9.50 Å². The monoisotopic (exact) mass is 284 g/mol. The Hall–Kier alpha value is -2.20. The summed E-state index contributed by atoms with van der Waals surface area (Å²) in [5, 5.41) is 10.0. The summed E-state index contributed by atoms with van der Waals surface area (Å²) in [5.74, 6) is 0.525. The molecule has 108 valence electrons. The molecule has 0 aliphatic carbocycles. The molecule has 1 aromatic carbocycles. The van der Waals surface area contributed by atoms with Crippen molar-refractivity contribution in [2.75, 3.05) is 6.54 Å². The Morgan fingerprint density at radius 1 is 1.38 bits per heavy atom. The fourth-order valence-electron chi connectivity index (χ4n) is 2.63. The summed E-state index contributed by atoms with van der Waals surface area (Å²) in [7, 11) is 0. The van der Waals surface area contributed by atoms with Gasteiger partial charge in [-0.25, -0.2) is 9.38 Å². The number of fused-ring (bicyclic) bond motifs is 1. The highest BCUT2D eigenvalue weighted by atomic mass is 19.1. The molecule has 0 spiro atoms. The van der Waals surface area contributed by atoms with Crippen molar-refractivity contribution in [2.24, 2.45) is 4.99 Å². The van der Waals surface area contributed by atoms with Crippen LogP contribution in [0.1, 0.15) is 19.4 Å². The molecule has 2 heterocycles. The highest BCUT2D eigenvalue weighted by molar-refractivity contribution is 5.99. The van der Waals surface area contributed by atoms with Gasteiger partial charge in [0.2, 0.25) is 0 Å². The predicted octanol–water partition coefficient (Wildman–Crippen LogP) is 3.11. The molecule has 0 saturated heterocycles. The lowest BCUT2D eigenvalue weighted by atomic mass is 9.98. The quantitative estimate of drug-likeness (QED) is 0.906. The molecule has 3 rings (SSSR count). The fourth-order valence-corrected chi connectivity index (χ4v) is 2.63. The van der Waals surface area contributed by atoms with Crippen LogP contribution in [0.4, 0.5) is 4.39 Å². The number of hydrogen-bond acceptors (Lipinski definition) is 3. The van der Waals surface area contributed by atoms with E-state index >= 15 is 0 Å². The van der Waals surface area contributed by atoms with Crippen LogP contribution >= 0.6 is 0 Å². The molecule has 2 aliphatic rings. The van der Waals surface area contributed by atoms with Crippen molar-refractivity contribution in [1.82, 2.24) is 4.90 Å². The summed E-state index contributed by atoms with van der Waals surface area (Å²) in [6, 6.07) is 6.42. The van der Waals surface area contributed by atoms with E-state index in [4.69, 9.17) is 0 Å². The molecule has 0 fully saturated rings. The largest absolute Gasteiger partial charge is 0.387 e. The van der Waals surface area contributed by atoms with Gasteiger partial charge in [0.1, 0.15) is 11.7 Å². The van der Waals surface area contributed by atoms with Gasteiger partial charge in [0.25, 0.3) is 0 Å². The first-order valence-corrected chi connectivity index (χ1v) is 6.94. The Labute approximate surface area is 123 Å². The van der Waals surface area contributed by atoms with Crippen LogP contribution in [0.5, 0.6) is 0 Å². The number of aliphatic imine (C=N–C) groups is 1. The summed E-state index contributed by atoms with van der Waals surface area (Å²) < 4.78 is 13.5. The standard InChI is InChI=1S/C17H17FN2O/c1-11-5-3-8-16-19-17(12(2)21)15(10-20(11)16)13-6-4-7-14(18)9-13/h3-9,12,21H,10H2,1-2H3. The third-order valence-electron chi connectivity index (χ3n) is 3.71. The van der Waals surface area contributed by atoms with Gasteiger partial charge in [-0.3, -0.25) is 0 Å². The third kappa shape index (κ3) is 2.54. The molecule has 4 heteroatoms. The highest BCUT2D eigenvalue weighted by Gasteiger charge is 2.25. The second-order valence-corrected chi connectivity index (χ2v) is 5.27. The Kier molecular flexibility index (Phi) is 3.47. The van der Waals surface area contributed by atoms with Crippen LogP contribution in [-0.4, -0.2) is 28.5 Å². The van der Waals surface area contributed by atoms with E-state index in [2.05, 4.69) is 9.89 Å². The molecule has 3 nitrogen and oxygen atoms in total. The van der Waals surface area contributed by atoms with Crippen molar-refractivity contribution in [3.05, 3.63) is 65.3 Å². The first-order chi connectivity index (χ1) is 10.1. The smallest absolute Gasteiger partial charge is 0.133 e. The topological polar surface area (TPSA) is 35.8 Å². The lowest BCUT2D eigenvalue weighted by Gasteiger charge is -2.33. The van der Waals surface area contributed by atoms with E-state index in [1.165, 1.54) is 12.1 Å². The van der Waals surface area contributed by atoms with E-state index in [1.54, 1.807) is 13.0 Å². The fraction of sp³-hybridized carbons (Fsp3) is 0.235. The summed E-state index contributed by atoms with van der Waals surface area (Å²) in [6.07, 6.45) is 5.17. The number of amidine groups is 1. The van der Waals surface area contributed by atoms with E-state index < -0.39 is 6.10 Å². The zero-order chi connectivity index (χ0) is 15.0. The van der Waals surface area contributed by atoms with Crippen molar-refractivity contribution in [1.29, 1.82) is 0 Å². The highest BCUT2D eigenvalue weighted by Crippen LogP contribution is 2.30. The van der Waals surface area contributed by atoms with Gasteiger partial charge in [-0.2, -0.15) is 0 Å². The molecule has 0 radical (unpaired) electrons. The average Bonchev–Trinajstić information content (AvgIpc) is 2.46. The molecule has 0 saturated carbocycles. The second-order valence-electron chi connectivity index (χ2n) is 5.27. The van der Waals surface area contributed by atoms with Crippen LogP contribution in [0.25, 0.3) is 5.57 Å². The van der Waals surface area contributed by atoms with Gasteiger partial charge in [-0.1, -0.05) is 18.2 Å². The van der Waals surface area contributed by atoms with Crippen LogP contribution in [0.3, 0.4) is 0 Å². The number of aliphatic hydroxyl groups is 1. The predicted molar refractivity (Wildman–Crippen MR) is 82.0 cm³/mol. The normalized spacial score (nSPS) is 19.1. The van der Waals surface area contributed by atoms with E-state index in [0.29, 0.717) is 12.2 Å². The minimum absolute atomic E-state index is 0.287. The minimum Gasteiger partial charge on any atom is -0.387 e. The maximum atomic E-state index is 13.5. The Balaban J connectivity index is 2.12. The molecule has 21 heavy (non-hydrogen) atoms. The van der Waals surface area contributed by atoms with Gasteiger partial charge < -0.3 is 10.0 Å². The van der Waals surface area contributed by atoms with Crippen LogP contribution in [0, 0.1) is 5.82 Å². The summed E-state index contributed by atoms with van der Waals surface area (Å²) in [5.41, 5.74) is 3.30. The molecule has 1 atom stereocenters. The summed E-state index contributed by atoms with van der Waals surface area (Å²) >= 11 is 0. The van der Waals surface area contributed by atoms with Gasteiger partial charge in [-0.15, -0.1) is 0 Å². The van der Waals surface area contributed by atoms with E-state index in [0.717, 1.165) is 22.7 Å². The van der Waals surface area contributed by atoms with Crippen molar-refractivity contribution in [2.45, 2.75) is 20.0 Å². The minimum atomic E-state index is -0.697. The molecular weight excluding hydrogens is 267 g/mol. The molecule has 1 unspecified atom stereocenters. The Morgan fingerprint density at radius 3 is 2.90 bits per heavy atom. The number of aliphatic hydroxyl groups excluding tert-OH is 1. The lowest BCUT2D eigenvalue weighted by molar-refractivity contribution is 0.229. The molecule has 0 bridgehead atoms. The van der Waals surface area contributed by atoms with E-state index in [9.17, 15) is 9.50 Å². The number of halogens is 1. The lowest BCUT2D eigenvalue weighted by Crippen LogP contribution is -2.35. The number of rotatable bonds is 2. The second kappa shape index (κ2) is 5.30. The zero-order valence-electron chi connectivity index (χ0n) is 12.0. The average molecular weight is 284 g/mol. The van der Waals surface area contributed by atoms with Gasteiger partial charge >= 0.3 is 0 Å².